The third-order valence-electron chi connectivity index (χ3n) is 8.63. The van der Waals surface area contributed by atoms with Crippen molar-refractivity contribution in [3.8, 4) is 0 Å². The lowest BCUT2D eigenvalue weighted by Gasteiger charge is -2.50. The highest BCUT2D eigenvalue weighted by molar-refractivity contribution is 5.94. The van der Waals surface area contributed by atoms with Gasteiger partial charge in [0.1, 0.15) is 5.84 Å². The Labute approximate surface area is 226 Å². The number of nitrogens with one attached hydrogen (secondary N) is 1. The van der Waals surface area contributed by atoms with E-state index >= 15 is 0 Å². The molecule has 0 bridgehead atoms. The predicted molar refractivity (Wildman–Crippen MR) is 148 cm³/mol. The van der Waals surface area contributed by atoms with Crippen molar-refractivity contribution >= 4 is 29.1 Å². The van der Waals surface area contributed by atoms with E-state index in [2.05, 4.69) is 34.2 Å². The molecule has 38 heavy (non-hydrogen) atoms. The molecule has 3 fully saturated rings. The van der Waals surface area contributed by atoms with E-state index in [9.17, 15) is 14.4 Å². The molecule has 1 aliphatic carbocycles. The molecule has 0 spiro atoms. The van der Waals surface area contributed by atoms with Crippen LogP contribution in [0.1, 0.15) is 76.1 Å². The highest BCUT2D eigenvalue weighted by atomic mass is 16.2. The van der Waals surface area contributed by atoms with E-state index in [1.54, 1.807) is 6.92 Å². The number of piperazine rings is 1. The van der Waals surface area contributed by atoms with E-state index in [0.717, 1.165) is 68.8 Å². The third-order valence-corrected chi connectivity index (χ3v) is 8.63. The number of anilines is 1. The molecule has 1 saturated carbocycles. The van der Waals surface area contributed by atoms with Gasteiger partial charge in [-0.2, -0.15) is 5.10 Å². The third kappa shape index (κ3) is 5.38. The minimum Gasteiger partial charge on any atom is -0.368 e. The molecule has 0 radical (unpaired) electrons. The Hall–Kier alpha value is -3.10. The Morgan fingerprint density at radius 2 is 1.76 bits per heavy atom. The van der Waals surface area contributed by atoms with Gasteiger partial charge < -0.3 is 19.6 Å². The van der Waals surface area contributed by atoms with Crippen molar-refractivity contribution < 1.29 is 14.4 Å². The van der Waals surface area contributed by atoms with Crippen LogP contribution in [0.15, 0.2) is 29.4 Å². The SMILES string of the molecule is CC(=O)c1ccc(N2CCN(C(=O)CCC3=NNC4N(CCC(C)C)C(=O)C5CCCCC5N34)CC2)cc1. The molecule has 3 unspecified atom stereocenters. The van der Waals surface area contributed by atoms with Crippen LogP contribution in [0, 0.1) is 11.8 Å². The molecule has 3 heterocycles. The van der Waals surface area contributed by atoms with Crippen molar-refractivity contribution in [1.82, 2.24) is 20.1 Å². The Balaban J connectivity index is 1.17. The molecule has 2 amide bonds. The first kappa shape index (κ1) is 26.5. The van der Waals surface area contributed by atoms with Crippen LogP contribution in [-0.2, 0) is 9.59 Å². The van der Waals surface area contributed by atoms with Crippen molar-refractivity contribution in [3.63, 3.8) is 0 Å². The molecule has 5 rings (SSSR count). The van der Waals surface area contributed by atoms with E-state index in [0.29, 0.717) is 31.8 Å². The number of nitrogens with zero attached hydrogens (tertiary/aromatic N) is 5. The molecule has 9 heteroatoms. The summed E-state index contributed by atoms with van der Waals surface area (Å²) in [7, 11) is 0. The number of fused-ring (bicyclic) bond motifs is 3. The molecular formula is C29H42N6O3. The maximum absolute atomic E-state index is 13.4. The Bertz CT molecular complexity index is 1060. The molecule has 3 aliphatic heterocycles. The van der Waals surface area contributed by atoms with Gasteiger partial charge in [0, 0.05) is 62.9 Å². The minimum atomic E-state index is -0.219. The number of hydrogen-bond acceptors (Lipinski definition) is 7. The zero-order chi connectivity index (χ0) is 26.8. The number of amidine groups is 1. The van der Waals surface area contributed by atoms with Crippen LogP contribution in [0.4, 0.5) is 5.69 Å². The fourth-order valence-corrected chi connectivity index (χ4v) is 6.36. The van der Waals surface area contributed by atoms with Crippen LogP contribution >= 0.6 is 0 Å². The largest absolute Gasteiger partial charge is 0.368 e. The Morgan fingerprint density at radius 3 is 2.45 bits per heavy atom. The molecular weight excluding hydrogens is 480 g/mol. The number of amides is 2. The van der Waals surface area contributed by atoms with Gasteiger partial charge in [-0.15, -0.1) is 0 Å². The standard InChI is InChI=1S/C29H42N6O3/c1-20(2)14-15-34-28(38)24-6-4-5-7-25(24)35-26(30-31-29(34)35)12-13-27(37)33-18-16-32(17-19-33)23-10-8-22(9-11-23)21(3)36/h8-11,20,24-25,29,31H,4-7,12-19H2,1-3H3. The van der Waals surface area contributed by atoms with Crippen molar-refractivity contribution in [2.45, 2.75) is 78.0 Å². The van der Waals surface area contributed by atoms with Gasteiger partial charge in [-0.1, -0.05) is 26.7 Å². The molecule has 9 nitrogen and oxygen atoms in total. The second-order valence-corrected chi connectivity index (χ2v) is 11.6. The van der Waals surface area contributed by atoms with Crippen molar-refractivity contribution in [3.05, 3.63) is 29.8 Å². The molecule has 0 aromatic heterocycles. The van der Waals surface area contributed by atoms with Gasteiger partial charge in [0.15, 0.2) is 12.1 Å². The summed E-state index contributed by atoms with van der Waals surface area (Å²) in [6.45, 7) is 9.62. The summed E-state index contributed by atoms with van der Waals surface area (Å²) in [5.41, 5.74) is 5.05. The number of rotatable bonds is 8. The average molecular weight is 523 g/mol. The molecule has 4 aliphatic rings. The van der Waals surface area contributed by atoms with Crippen LogP contribution < -0.4 is 10.3 Å². The van der Waals surface area contributed by atoms with E-state index in [1.807, 2.05) is 34.1 Å². The number of carbonyl (C=O) groups is 3. The summed E-state index contributed by atoms with van der Waals surface area (Å²) < 4.78 is 0. The molecule has 2 saturated heterocycles. The summed E-state index contributed by atoms with van der Waals surface area (Å²) >= 11 is 0. The average Bonchev–Trinajstić information content (AvgIpc) is 3.35. The van der Waals surface area contributed by atoms with Crippen LogP contribution in [0.2, 0.25) is 0 Å². The molecule has 1 aromatic carbocycles. The summed E-state index contributed by atoms with van der Waals surface area (Å²) in [4.78, 5) is 46.7. The van der Waals surface area contributed by atoms with E-state index in [1.165, 1.54) is 0 Å². The first-order valence-corrected chi connectivity index (χ1v) is 14.4. The van der Waals surface area contributed by atoms with Gasteiger partial charge in [-0.3, -0.25) is 19.8 Å². The molecule has 3 atom stereocenters. The van der Waals surface area contributed by atoms with Gasteiger partial charge in [-0.25, -0.2) is 0 Å². The quantitative estimate of drug-likeness (QED) is 0.528. The maximum Gasteiger partial charge on any atom is 0.230 e. The van der Waals surface area contributed by atoms with E-state index in [-0.39, 0.29) is 35.8 Å². The summed E-state index contributed by atoms with van der Waals surface area (Å²) in [6, 6.07) is 7.89. The number of Topliss-reactive ketones (excluding diaryl/α,β-unsaturated/α-hetero) is 1. The van der Waals surface area contributed by atoms with E-state index in [4.69, 9.17) is 0 Å². The monoisotopic (exact) mass is 522 g/mol. The number of hydrazone groups is 1. The second-order valence-electron chi connectivity index (χ2n) is 11.6. The Kier molecular flexibility index (Phi) is 7.91. The normalized spacial score (nSPS) is 25.2. The van der Waals surface area contributed by atoms with Gasteiger partial charge in [0.2, 0.25) is 11.8 Å². The summed E-state index contributed by atoms with van der Waals surface area (Å²) in [5, 5.41) is 4.67. The first-order valence-electron chi connectivity index (χ1n) is 14.4. The minimum absolute atomic E-state index is 0.0329. The van der Waals surface area contributed by atoms with Gasteiger partial charge in [0.05, 0.1) is 5.92 Å². The first-order chi connectivity index (χ1) is 18.3. The zero-order valence-electron chi connectivity index (χ0n) is 23.1. The van der Waals surface area contributed by atoms with Gasteiger partial charge >= 0.3 is 0 Å². The fraction of sp³-hybridized carbons (Fsp3) is 0.655. The van der Waals surface area contributed by atoms with Crippen molar-refractivity contribution in [2.75, 3.05) is 37.6 Å². The Morgan fingerprint density at radius 1 is 1.05 bits per heavy atom. The highest BCUT2D eigenvalue weighted by Gasteiger charge is 2.50. The molecule has 1 N–H and O–H groups in total. The maximum atomic E-state index is 13.4. The topological polar surface area (TPSA) is 88.6 Å². The van der Waals surface area contributed by atoms with Crippen LogP contribution in [-0.4, -0.2) is 83.2 Å². The van der Waals surface area contributed by atoms with Crippen molar-refractivity contribution in [2.24, 2.45) is 16.9 Å². The smallest absolute Gasteiger partial charge is 0.230 e. The number of carbonyl (C=O) groups excluding carboxylic acids is 3. The zero-order valence-corrected chi connectivity index (χ0v) is 23.1. The van der Waals surface area contributed by atoms with Crippen molar-refractivity contribution in [1.29, 1.82) is 0 Å². The lowest BCUT2D eigenvalue weighted by molar-refractivity contribution is -0.155. The van der Waals surface area contributed by atoms with Crippen LogP contribution in [0.25, 0.3) is 0 Å². The van der Waals surface area contributed by atoms with Crippen LogP contribution in [0.5, 0.6) is 0 Å². The fourth-order valence-electron chi connectivity index (χ4n) is 6.36. The highest BCUT2D eigenvalue weighted by Crippen LogP contribution is 2.38. The number of ketones is 1. The van der Waals surface area contributed by atoms with Crippen LogP contribution in [0.3, 0.4) is 0 Å². The second kappa shape index (κ2) is 11.3. The number of benzene rings is 1. The molecule has 206 valence electrons. The van der Waals surface area contributed by atoms with E-state index < -0.39 is 0 Å². The van der Waals surface area contributed by atoms with Gasteiger partial charge in [0.25, 0.3) is 0 Å². The lowest BCUT2D eigenvalue weighted by Crippen LogP contribution is -2.67. The number of hydrogen-bond donors (Lipinski definition) is 1. The summed E-state index contributed by atoms with van der Waals surface area (Å²) in [6.07, 6.45) is 5.96. The van der Waals surface area contributed by atoms with Gasteiger partial charge in [-0.05, 0) is 56.4 Å². The lowest BCUT2D eigenvalue weighted by atomic mass is 9.80. The predicted octanol–water partition coefficient (Wildman–Crippen LogP) is 3.27. The summed E-state index contributed by atoms with van der Waals surface area (Å²) in [5.74, 6) is 1.98. The molecule has 1 aromatic rings.